The van der Waals surface area contributed by atoms with Gasteiger partial charge in [-0.15, -0.1) is 0 Å². The molecule has 2 atom stereocenters. The fraction of sp³-hybridized carbons (Fsp3) is 0.516. The number of nitrogens with two attached hydrogens (primary N) is 1. The SMILES string of the molecule is CN1CCN(C(=O)C(N)Cc2ccc(CNC(=O)C(NC(=O)OCc3ccccc3)C3CCCCC3)cc2)CC1. The van der Waals surface area contributed by atoms with Gasteiger partial charge in [-0.1, -0.05) is 73.9 Å². The molecule has 2 fully saturated rings. The highest BCUT2D eigenvalue weighted by molar-refractivity contribution is 5.86. The lowest BCUT2D eigenvalue weighted by atomic mass is 9.83. The molecule has 1 saturated carbocycles. The van der Waals surface area contributed by atoms with Gasteiger partial charge in [-0.25, -0.2) is 4.79 Å². The number of amides is 3. The monoisotopic (exact) mass is 549 g/mol. The van der Waals surface area contributed by atoms with Crippen molar-refractivity contribution in [3.8, 4) is 0 Å². The molecule has 0 radical (unpaired) electrons. The third-order valence-corrected chi connectivity index (χ3v) is 7.97. The standard InChI is InChI=1S/C31H43N5O4/c1-35-16-18-36(19-17-35)30(38)27(32)20-23-12-14-24(15-13-23)21-33-29(37)28(26-10-6-3-7-11-26)34-31(39)40-22-25-8-4-2-5-9-25/h2,4-5,8-9,12-15,26-28H,3,6-7,10-11,16-22,32H2,1H3,(H,33,37)(H,34,39). The molecule has 3 amide bonds. The normalized spacial score (nSPS) is 18.0. The number of carbonyl (C=O) groups is 3. The molecule has 216 valence electrons. The zero-order chi connectivity index (χ0) is 28.3. The summed E-state index contributed by atoms with van der Waals surface area (Å²) in [7, 11) is 2.06. The van der Waals surface area contributed by atoms with Crippen LogP contribution in [0.3, 0.4) is 0 Å². The van der Waals surface area contributed by atoms with Crippen LogP contribution in [0, 0.1) is 5.92 Å². The Balaban J connectivity index is 1.27. The smallest absolute Gasteiger partial charge is 0.408 e. The van der Waals surface area contributed by atoms with E-state index < -0.39 is 18.2 Å². The lowest BCUT2D eigenvalue weighted by molar-refractivity contribution is -0.134. The summed E-state index contributed by atoms with van der Waals surface area (Å²) >= 11 is 0. The fourth-order valence-corrected chi connectivity index (χ4v) is 5.45. The van der Waals surface area contributed by atoms with E-state index in [9.17, 15) is 14.4 Å². The number of piperazine rings is 1. The van der Waals surface area contributed by atoms with Gasteiger partial charge >= 0.3 is 6.09 Å². The van der Waals surface area contributed by atoms with E-state index in [-0.39, 0.29) is 24.3 Å². The second-order valence-electron chi connectivity index (χ2n) is 11.1. The maximum atomic E-state index is 13.2. The number of ether oxygens (including phenoxy) is 1. The molecule has 2 unspecified atom stereocenters. The number of likely N-dealkylation sites (N-methyl/N-ethyl adjacent to an activating group) is 1. The van der Waals surface area contributed by atoms with Crippen molar-refractivity contribution in [2.24, 2.45) is 11.7 Å². The highest BCUT2D eigenvalue weighted by atomic mass is 16.5. The maximum absolute atomic E-state index is 13.2. The van der Waals surface area contributed by atoms with Crippen LogP contribution in [-0.4, -0.2) is 73.0 Å². The predicted molar refractivity (Wildman–Crippen MR) is 154 cm³/mol. The Kier molecular flexibility index (Phi) is 10.9. The third kappa shape index (κ3) is 8.79. The second kappa shape index (κ2) is 14.8. The molecule has 1 heterocycles. The Labute approximate surface area is 237 Å². The summed E-state index contributed by atoms with van der Waals surface area (Å²) in [5, 5.41) is 5.84. The Morgan fingerprint density at radius 3 is 2.23 bits per heavy atom. The number of nitrogens with zero attached hydrogens (tertiary/aromatic N) is 2. The van der Waals surface area contributed by atoms with E-state index in [2.05, 4.69) is 22.6 Å². The molecule has 2 aliphatic rings. The number of nitrogens with one attached hydrogen (secondary N) is 2. The molecule has 9 nitrogen and oxygen atoms in total. The van der Waals surface area contributed by atoms with Crippen LogP contribution in [0.5, 0.6) is 0 Å². The highest BCUT2D eigenvalue weighted by Crippen LogP contribution is 2.27. The first-order valence-corrected chi connectivity index (χ1v) is 14.4. The van der Waals surface area contributed by atoms with Gasteiger partial charge in [0.2, 0.25) is 11.8 Å². The highest BCUT2D eigenvalue weighted by Gasteiger charge is 2.31. The molecule has 0 bridgehead atoms. The van der Waals surface area contributed by atoms with E-state index in [0.29, 0.717) is 26.1 Å². The van der Waals surface area contributed by atoms with E-state index in [1.165, 1.54) is 0 Å². The molecular weight excluding hydrogens is 506 g/mol. The summed E-state index contributed by atoms with van der Waals surface area (Å²) in [6.45, 7) is 3.65. The first-order chi connectivity index (χ1) is 19.4. The van der Waals surface area contributed by atoms with Gasteiger partial charge in [-0.05, 0) is 48.9 Å². The first kappa shape index (κ1) is 29.6. The number of benzene rings is 2. The average Bonchev–Trinajstić information content (AvgIpc) is 2.99. The van der Waals surface area contributed by atoms with Gasteiger partial charge in [0.05, 0.1) is 6.04 Å². The van der Waals surface area contributed by atoms with E-state index in [4.69, 9.17) is 10.5 Å². The Morgan fingerprint density at radius 1 is 0.900 bits per heavy atom. The Morgan fingerprint density at radius 2 is 1.55 bits per heavy atom. The number of hydrogen-bond donors (Lipinski definition) is 3. The Hall–Kier alpha value is -3.43. The average molecular weight is 550 g/mol. The van der Waals surface area contributed by atoms with E-state index >= 15 is 0 Å². The predicted octanol–water partition coefficient (Wildman–Crippen LogP) is 2.82. The fourth-order valence-electron chi connectivity index (χ4n) is 5.45. The summed E-state index contributed by atoms with van der Waals surface area (Å²) in [6, 6.07) is 16.1. The number of hydrogen-bond acceptors (Lipinski definition) is 6. The summed E-state index contributed by atoms with van der Waals surface area (Å²) in [4.78, 5) is 42.6. The third-order valence-electron chi connectivity index (χ3n) is 7.97. The molecule has 1 aliphatic carbocycles. The molecular formula is C31H43N5O4. The molecule has 1 saturated heterocycles. The molecule has 1 aliphatic heterocycles. The zero-order valence-electron chi connectivity index (χ0n) is 23.5. The summed E-state index contributed by atoms with van der Waals surface area (Å²) in [5.41, 5.74) is 9.05. The Bertz CT molecular complexity index is 1100. The van der Waals surface area contributed by atoms with Crippen LogP contribution in [-0.2, 0) is 33.9 Å². The van der Waals surface area contributed by atoms with Gasteiger partial charge in [0.25, 0.3) is 0 Å². The van der Waals surface area contributed by atoms with Crippen molar-refractivity contribution in [3.63, 3.8) is 0 Å². The molecule has 4 rings (SSSR count). The zero-order valence-corrected chi connectivity index (χ0v) is 23.5. The lowest BCUT2D eigenvalue weighted by Crippen LogP contribution is -2.52. The first-order valence-electron chi connectivity index (χ1n) is 14.4. The van der Waals surface area contributed by atoms with Crippen LogP contribution in [0.4, 0.5) is 4.79 Å². The molecule has 4 N–H and O–H groups in total. The van der Waals surface area contributed by atoms with Gasteiger partial charge in [-0.2, -0.15) is 0 Å². The molecule has 40 heavy (non-hydrogen) atoms. The number of rotatable bonds is 10. The summed E-state index contributed by atoms with van der Waals surface area (Å²) in [6.07, 6.45) is 4.95. The minimum absolute atomic E-state index is 0.00649. The van der Waals surface area contributed by atoms with Crippen molar-refractivity contribution in [3.05, 3.63) is 71.3 Å². The lowest BCUT2D eigenvalue weighted by Gasteiger charge is -2.33. The van der Waals surface area contributed by atoms with Crippen molar-refractivity contribution >= 4 is 17.9 Å². The molecule has 2 aromatic carbocycles. The summed E-state index contributed by atoms with van der Waals surface area (Å²) in [5.74, 6) is -0.125. The van der Waals surface area contributed by atoms with Crippen molar-refractivity contribution < 1.29 is 19.1 Å². The van der Waals surface area contributed by atoms with Gasteiger partial charge in [-0.3, -0.25) is 9.59 Å². The van der Waals surface area contributed by atoms with E-state index in [0.717, 1.165) is 61.9 Å². The second-order valence-corrected chi connectivity index (χ2v) is 11.1. The minimum Gasteiger partial charge on any atom is -0.445 e. The molecule has 0 spiro atoms. The van der Waals surface area contributed by atoms with Gasteiger partial charge < -0.3 is 30.9 Å². The van der Waals surface area contributed by atoms with Crippen LogP contribution in [0.2, 0.25) is 0 Å². The quantitative estimate of drug-likeness (QED) is 0.420. The van der Waals surface area contributed by atoms with E-state index in [1.807, 2.05) is 59.5 Å². The van der Waals surface area contributed by atoms with Crippen LogP contribution in [0.1, 0.15) is 48.8 Å². The van der Waals surface area contributed by atoms with Crippen LogP contribution in [0.25, 0.3) is 0 Å². The molecule has 0 aromatic heterocycles. The van der Waals surface area contributed by atoms with Crippen molar-refractivity contribution in [2.75, 3.05) is 33.2 Å². The van der Waals surface area contributed by atoms with Gasteiger partial charge in [0.15, 0.2) is 0 Å². The summed E-state index contributed by atoms with van der Waals surface area (Å²) < 4.78 is 5.40. The minimum atomic E-state index is -0.638. The van der Waals surface area contributed by atoms with Crippen molar-refractivity contribution in [1.29, 1.82) is 0 Å². The largest absolute Gasteiger partial charge is 0.445 e. The van der Waals surface area contributed by atoms with Crippen molar-refractivity contribution in [1.82, 2.24) is 20.4 Å². The van der Waals surface area contributed by atoms with Crippen LogP contribution >= 0.6 is 0 Å². The van der Waals surface area contributed by atoms with Crippen molar-refractivity contribution in [2.45, 2.75) is 63.8 Å². The number of carbonyl (C=O) groups excluding carboxylic acids is 3. The number of alkyl carbamates (subject to hydrolysis) is 1. The van der Waals surface area contributed by atoms with Crippen LogP contribution in [0.15, 0.2) is 54.6 Å². The molecule has 2 aromatic rings. The topological polar surface area (TPSA) is 117 Å². The molecule has 9 heteroatoms. The van der Waals surface area contributed by atoms with Crippen LogP contribution < -0.4 is 16.4 Å². The maximum Gasteiger partial charge on any atom is 0.408 e. The van der Waals surface area contributed by atoms with E-state index in [1.54, 1.807) is 0 Å². The van der Waals surface area contributed by atoms with Gasteiger partial charge in [0, 0.05) is 32.7 Å². The van der Waals surface area contributed by atoms with Gasteiger partial charge in [0.1, 0.15) is 12.6 Å².